The molecule has 2 rings (SSSR count). The molecule has 0 aromatic carbocycles. The fourth-order valence-corrected chi connectivity index (χ4v) is 5.91. The Balaban J connectivity index is 0.00000338. The highest BCUT2D eigenvalue weighted by Gasteiger charge is 2.41. The Morgan fingerprint density at radius 1 is 1.31 bits per heavy atom. The van der Waals surface area contributed by atoms with Gasteiger partial charge in [0.05, 0.1) is 23.3 Å². The van der Waals surface area contributed by atoms with Crippen molar-refractivity contribution in [3.8, 4) is 0 Å². The molecular formula is C15H31IN4O4S2. The topological polar surface area (TPSA) is 99.2 Å². The SMILES string of the molecule is CCNC(=NC[C@H]1CCCN1S(C)(=O)=O)N1CCS(=O)(=O)C(C)(C)C1.I. The molecule has 154 valence electrons. The lowest BCUT2D eigenvalue weighted by Gasteiger charge is -2.39. The summed E-state index contributed by atoms with van der Waals surface area (Å²) in [4.78, 5) is 6.59. The maximum Gasteiger partial charge on any atom is 0.211 e. The lowest BCUT2D eigenvalue weighted by molar-refractivity contribution is 0.349. The van der Waals surface area contributed by atoms with Crippen LogP contribution in [0.5, 0.6) is 0 Å². The molecule has 1 N–H and O–H groups in total. The van der Waals surface area contributed by atoms with Gasteiger partial charge in [-0.15, -0.1) is 24.0 Å². The molecule has 0 aromatic rings. The minimum Gasteiger partial charge on any atom is -0.357 e. The fraction of sp³-hybridized carbons (Fsp3) is 0.933. The highest BCUT2D eigenvalue weighted by Crippen LogP contribution is 2.24. The minimum absolute atomic E-state index is 0. The number of hydrogen-bond acceptors (Lipinski definition) is 5. The molecule has 0 radical (unpaired) electrons. The van der Waals surface area contributed by atoms with Crippen LogP contribution < -0.4 is 5.32 Å². The van der Waals surface area contributed by atoms with Crippen LogP contribution in [-0.2, 0) is 19.9 Å². The molecular weight excluding hydrogens is 491 g/mol. The Labute approximate surface area is 174 Å². The average Bonchev–Trinajstić information content (AvgIpc) is 2.95. The standard InChI is InChI=1S/C15H30N4O4S2.HI/c1-5-16-14(18-9-10-25(22,23)15(2,3)12-18)17-11-13-7-6-8-19(13)24(4,20)21;/h13H,5-12H2,1-4H3,(H,16,17);1H/t13-;/m1./s1. The van der Waals surface area contributed by atoms with E-state index in [9.17, 15) is 16.8 Å². The molecule has 26 heavy (non-hydrogen) atoms. The van der Waals surface area contributed by atoms with Gasteiger partial charge in [-0.2, -0.15) is 4.31 Å². The summed E-state index contributed by atoms with van der Waals surface area (Å²) in [6.07, 6.45) is 2.88. The number of hydrogen-bond donors (Lipinski definition) is 1. The van der Waals surface area contributed by atoms with E-state index >= 15 is 0 Å². The lowest BCUT2D eigenvalue weighted by Crippen LogP contribution is -2.57. The Morgan fingerprint density at radius 3 is 2.50 bits per heavy atom. The second-order valence-electron chi connectivity index (χ2n) is 7.36. The molecule has 1 atom stereocenters. The number of aliphatic imine (C=N–C) groups is 1. The first-order valence-electron chi connectivity index (χ1n) is 8.70. The van der Waals surface area contributed by atoms with Gasteiger partial charge in [-0.1, -0.05) is 0 Å². The first-order chi connectivity index (χ1) is 11.5. The van der Waals surface area contributed by atoms with Gasteiger partial charge >= 0.3 is 0 Å². The van der Waals surface area contributed by atoms with Crippen LogP contribution in [0.4, 0.5) is 0 Å². The summed E-state index contributed by atoms with van der Waals surface area (Å²) in [6, 6.07) is -0.120. The van der Waals surface area contributed by atoms with Crippen molar-refractivity contribution >= 4 is 49.8 Å². The minimum atomic E-state index is -3.22. The van der Waals surface area contributed by atoms with Gasteiger partial charge in [0.2, 0.25) is 10.0 Å². The van der Waals surface area contributed by atoms with Gasteiger partial charge in [-0.3, -0.25) is 4.99 Å². The quantitative estimate of drug-likeness (QED) is 0.328. The molecule has 0 unspecified atom stereocenters. The number of nitrogens with zero attached hydrogens (tertiary/aromatic N) is 3. The summed E-state index contributed by atoms with van der Waals surface area (Å²) in [5, 5.41) is 3.21. The fourth-order valence-electron chi connectivity index (χ4n) is 3.37. The molecule has 0 bridgehead atoms. The van der Waals surface area contributed by atoms with Crippen LogP contribution in [0.2, 0.25) is 0 Å². The van der Waals surface area contributed by atoms with Gasteiger partial charge in [0, 0.05) is 32.2 Å². The summed E-state index contributed by atoms with van der Waals surface area (Å²) in [6.45, 7) is 7.81. The van der Waals surface area contributed by atoms with Crippen LogP contribution >= 0.6 is 24.0 Å². The van der Waals surface area contributed by atoms with E-state index < -0.39 is 24.6 Å². The molecule has 8 nitrogen and oxygen atoms in total. The van der Waals surface area contributed by atoms with Gasteiger partial charge < -0.3 is 10.2 Å². The summed E-state index contributed by atoms with van der Waals surface area (Å²) >= 11 is 0. The largest absolute Gasteiger partial charge is 0.357 e. The van der Waals surface area contributed by atoms with E-state index in [1.807, 2.05) is 11.8 Å². The third kappa shape index (κ3) is 5.44. The lowest BCUT2D eigenvalue weighted by atomic mass is 10.2. The van der Waals surface area contributed by atoms with Gasteiger partial charge in [0.1, 0.15) is 0 Å². The first-order valence-corrected chi connectivity index (χ1v) is 12.2. The van der Waals surface area contributed by atoms with Crippen molar-refractivity contribution in [2.45, 2.75) is 44.4 Å². The van der Waals surface area contributed by atoms with E-state index in [1.54, 1.807) is 13.8 Å². The predicted octanol–water partition coefficient (Wildman–Crippen LogP) is 0.503. The molecule has 2 fully saturated rings. The van der Waals surface area contributed by atoms with E-state index in [1.165, 1.54) is 10.6 Å². The number of nitrogens with one attached hydrogen (secondary N) is 1. The Morgan fingerprint density at radius 2 is 1.96 bits per heavy atom. The molecule has 0 amide bonds. The normalized spacial score (nSPS) is 26.4. The monoisotopic (exact) mass is 522 g/mol. The number of guanidine groups is 1. The van der Waals surface area contributed by atoms with Crippen LogP contribution in [0.15, 0.2) is 4.99 Å². The van der Waals surface area contributed by atoms with Crippen LogP contribution in [0, 0.1) is 0 Å². The first kappa shape index (κ1) is 23.9. The molecule has 2 aliphatic rings. The molecule has 2 aliphatic heterocycles. The van der Waals surface area contributed by atoms with Crippen molar-refractivity contribution in [1.82, 2.24) is 14.5 Å². The number of rotatable bonds is 4. The van der Waals surface area contributed by atoms with Crippen molar-refractivity contribution < 1.29 is 16.8 Å². The van der Waals surface area contributed by atoms with Crippen LogP contribution in [-0.4, -0.2) is 87.5 Å². The smallest absolute Gasteiger partial charge is 0.211 e. The highest BCUT2D eigenvalue weighted by atomic mass is 127. The number of sulfone groups is 1. The zero-order valence-electron chi connectivity index (χ0n) is 15.9. The van der Waals surface area contributed by atoms with E-state index in [2.05, 4.69) is 10.3 Å². The Kier molecular flexibility index (Phi) is 8.19. The van der Waals surface area contributed by atoms with E-state index in [-0.39, 0.29) is 35.8 Å². The van der Waals surface area contributed by atoms with Crippen molar-refractivity contribution in [3.05, 3.63) is 0 Å². The molecule has 0 saturated carbocycles. The third-order valence-corrected chi connectivity index (χ3v) is 8.74. The molecule has 2 heterocycles. The molecule has 0 aromatic heterocycles. The molecule has 11 heteroatoms. The maximum atomic E-state index is 12.2. The zero-order valence-corrected chi connectivity index (χ0v) is 19.9. The van der Waals surface area contributed by atoms with Crippen molar-refractivity contribution in [2.24, 2.45) is 4.99 Å². The predicted molar refractivity (Wildman–Crippen MR) is 115 cm³/mol. The van der Waals surface area contributed by atoms with Crippen molar-refractivity contribution in [3.63, 3.8) is 0 Å². The molecule has 2 saturated heterocycles. The van der Waals surface area contributed by atoms with Crippen LogP contribution in [0.25, 0.3) is 0 Å². The third-order valence-electron chi connectivity index (χ3n) is 4.88. The highest BCUT2D eigenvalue weighted by molar-refractivity contribution is 14.0. The number of halogens is 1. The van der Waals surface area contributed by atoms with Gasteiger partial charge in [0.15, 0.2) is 15.8 Å². The van der Waals surface area contributed by atoms with E-state index in [0.717, 1.165) is 12.8 Å². The summed E-state index contributed by atoms with van der Waals surface area (Å²) in [5.41, 5.74) is 0. The Hall–Kier alpha value is -0.140. The second kappa shape index (κ2) is 8.91. The van der Waals surface area contributed by atoms with Crippen molar-refractivity contribution in [1.29, 1.82) is 0 Å². The van der Waals surface area contributed by atoms with Crippen LogP contribution in [0.1, 0.15) is 33.6 Å². The van der Waals surface area contributed by atoms with Gasteiger partial charge in [-0.25, -0.2) is 16.8 Å². The van der Waals surface area contributed by atoms with E-state index in [0.29, 0.717) is 38.7 Å². The zero-order chi connectivity index (χ0) is 18.9. The van der Waals surface area contributed by atoms with Crippen molar-refractivity contribution in [2.75, 3.05) is 44.7 Å². The summed E-state index contributed by atoms with van der Waals surface area (Å²) in [7, 11) is -6.33. The summed E-state index contributed by atoms with van der Waals surface area (Å²) in [5.74, 6) is 0.759. The molecule has 0 spiro atoms. The average molecular weight is 522 g/mol. The van der Waals surface area contributed by atoms with Crippen LogP contribution in [0.3, 0.4) is 0 Å². The van der Waals surface area contributed by atoms with Gasteiger partial charge in [0.25, 0.3) is 0 Å². The number of sulfonamides is 1. The maximum absolute atomic E-state index is 12.2. The van der Waals surface area contributed by atoms with Gasteiger partial charge in [-0.05, 0) is 33.6 Å². The second-order valence-corrected chi connectivity index (χ2v) is 12.0. The molecule has 0 aliphatic carbocycles. The summed E-state index contributed by atoms with van der Waals surface area (Å²) < 4.78 is 48.8. The van der Waals surface area contributed by atoms with E-state index in [4.69, 9.17) is 0 Å². The Bertz CT molecular complexity index is 722.